The minimum absolute atomic E-state index is 0.575. The molecule has 1 aliphatic rings. The van der Waals surface area contributed by atoms with E-state index in [4.69, 9.17) is 0 Å². The quantitative estimate of drug-likeness (QED) is 0.790. The maximum atomic E-state index is 4.14. The zero-order chi connectivity index (χ0) is 14.2. The lowest BCUT2D eigenvalue weighted by Gasteiger charge is -2.31. The summed E-state index contributed by atoms with van der Waals surface area (Å²) in [5, 5.41) is 3.79. The Morgan fingerprint density at radius 2 is 1.90 bits per heavy atom. The maximum absolute atomic E-state index is 4.14. The van der Waals surface area contributed by atoms with Crippen LogP contribution in [0.2, 0.25) is 0 Å². The van der Waals surface area contributed by atoms with E-state index >= 15 is 0 Å². The first-order chi connectivity index (χ1) is 9.81. The molecular formula is C18H30N2. The second-order valence-corrected chi connectivity index (χ2v) is 6.37. The van der Waals surface area contributed by atoms with E-state index in [1.54, 1.807) is 0 Å². The van der Waals surface area contributed by atoms with E-state index in [1.165, 1.54) is 50.5 Å². The highest BCUT2D eigenvalue weighted by Crippen LogP contribution is 2.31. The number of rotatable bonds is 7. The Morgan fingerprint density at radius 1 is 1.20 bits per heavy atom. The molecule has 0 radical (unpaired) electrons. The summed E-state index contributed by atoms with van der Waals surface area (Å²) < 4.78 is 0. The topological polar surface area (TPSA) is 24.9 Å². The Hall–Kier alpha value is -0.890. The molecule has 0 saturated heterocycles. The van der Waals surface area contributed by atoms with Crippen LogP contribution in [0.15, 0.2) is 24.5 Å². The SMILES string of the molecule is CCCNC(CC1CCCCC1)C(C)c1ccncc1. The molecule has 0 aliphatic heterocycles. The van der Waals surface area contributed by atoms with Crippen LogP contribution in [0.4, 0.5) is 0 Å². The smallest absolute Gasteiger partial charge is 0.0270 e. The first-order valence-electron chi connectivity index (χ1n) is 8.44. The van der Waals surface area contributed by atoms with Gasteiger partial charge in [-0.05, 0) is 48.9 Å². The van der Waals surface area contributed by atoms with Gasteiger partial charge >= 0.3 is 0 Å². The summed E-state index contributed by atoms with van der Waals surface area (Å²) in [6, 6.07) is 4.96. The average Bonchev–Trinajstić information content (AvgIpc) is 2.52. The van der Waals surface area contributed by atoms with Crippen molar-refractivity contribution in [2.24, 2.45) is 5.92 Å². The Morgan fingerprint density at radius 3 is 2.55 bits per heavy atom. The summed E-state index contributed by atoms with van der Waals surface area (Å²) in [5.41, 5.74) is 1.42. The molecule has 2 rings (SSSR count). The summed E-state index contributed by atoms with van der Waals surface area (Å²) in [4.78, 5) is 4.14. The molecule has 1 N–H and O–H groups in total. The van der Waals surface area contributed by atoms with Gasteiger partial charge in [-0.2, -0.15) is 0 Å². The molecule has 20 heavy (non-hydrogen) atoms. The molecule has 2 atom stereocenters. The molecule has 1 aliphatic carbocycles. The molecule has 2 unspecified atom stereocenters. The van der Waals surface area contributed by atoms with E-state index in [9.17, 15) is 0 Å². The van der Waals surface area contributed by atoms with E-state index in [1.807, 2.05) is 12.4 Å². The van der Waals surface area contributed by atoms with Gasteiger partial charge in [-0.25, -0.2) is 0 Å². The molecule has 112 valence electrons. The van der Waals surface area contributed by atoms with Crippen molar-refractivity contribution < 1.29 is 0 Å². The number of nitrogens with zero attached hydrogens (tertiary/aromatic N) is 1. The monoisotopic (exact) mass is 274 g/mol. The highest BCUT2D eigenvalue weighted by molar-refractivity contribution is 5.17. The van der Waals surface area contributed by atoms with E-state index in [0.717, 1.165) is 12.5 Å². The van der Waals surface area contributed by atoms with Crippen LogP contribution in [0.1, 0.15) is 70.3 Å². The predicted molar refractivity (Wildman–Crippen MR) is 85.9 cm³/mol. The van der Waals surface area contributed by atoms with Crippen molar-refractivity contribution in [1.29, 1.82) is 0 Å². The summed E-state index contributed by atoms with van der Waals surface area (Å²) in [5.74, 6) is 1.51. The van der Waals surface area contributed by atoms with Gasteiger partial charge in [0.2, 0.25) is 0 Å². The van der Waals surface area contributed by atoms with Crippen LogP contribution in [-0.4, -0.2) is 17.6 Å². The Labute approximate surface area is 124 Å². The molecule has 0 bridgehead atoms. The fraction of sp³-hybridized carbons (Fsp3) is 0.722. The third-order valence-corrected chi connectivity index (χ3v) is 4.80. The molecule has 0 aromatic carbocycles. The second-order valence-electron chi connectivity index (χ2n) is 6.37. The van der Waals surface area contributed by atoms with Crippen LogP contribution in [0.5, 0.6) is 0 Å². The van der Waals surface area contributed by atoms with Crippen molar-refractivity contribution >= 4 is 0 Å². The van der Waals surface area contributed by atoms with E-state index in [2.05, 4.69) is 36.3 Å². The molecule has 1 fully saturated rings. The van der Waals surface area contributed by atoms with Crippen LogP contribution < -0.4 is 5.32 Å². The summed E-state index contributed by atoms with van der Waals surface area (Å²) in [6.07, 6.45) is 13.6. The van der Waals surface area contributed by atoms with Crippen molar-refractivity contribution in [1.82, 2.24) is 10.3 Å². The second kappa shape index (κ2) is 8.41. The van der Waals surface area contributed by atoms with Crippen molar-refractivity contribution in [2.45, 2.75) is 70.8 Å². The molecule has 2 heteroatoms. The largest absolute Gasteiger partial charge is 0.313 e. The van der Waals surface area contributed by atoms with Crippen molar-refractivity contribution in [3.8, 4) is 0 Å². The normalized spacial score (nSPS) is 19.7. The molecule has 0 spiro atoms. The number of nitrogens with one attached hydrogen (secondary N) is 1. The highest BCUT2D eigenvalue weighted by atomic mass is 14.9. The summed E-state index contributed by atoms with van der Waals surface area (Å²) >= 11 is 0. The highest BCUT2D eigenvalue weighted by Gasteiger charge is 2.23. The first kappa shape index (κ1) is 15.5. The number of aromatic nitrogens is 1. The van der Waals surface area contributed by atoms with Gasteiger partial charge < -0.3 is 5.32 Å². The van der Waals surface area contributed by atoms with E-state index in [0.29, 0.717) is 12.0 Å². The molecule has 2 nitrogen and oxygen atoms in total. The average molecular weight is 274 g/mol. The van der Waals surface area contributed by atoms with Crippen LogP contribution >= 0.6 is 0 Å². The minimum atomic E-state index is 0.575. The van der Waals surface area contributed by atoms with Gasteiger partial charge in [0.25, 0.3) is 0 Å². The Balaban J connectivity index is 1.98. The summed E-state index contributed by atoms with van der Waals surface area (Å²) in [7, 11) is 0. The van der Waals surface area contributed by atoms with E-state index < -0.39 is 0 Å². The van der Waals surface area contributed by atoms with E-state index in [-0.39, 0.29) is 0 Å². The summed E-state index contributed by atoms with van der Waals surface area (Å²) in [6.45, 7) is 5.75. The minimum Gasteiger partial charge on any atom is -0.313 e. The molecule has 1 heterocycles. The predicted octanol–water partition coefficient (Wildman–Crippen LogP) is 4.52. The fourth-order valence-corrected chi connectivity index (χ4v) is 3.48. The lowest BCUT2D eigenvalue weighted by atomic mass is 9.80. The zero-order valence-corrected chi connectivity index (χ0v) is 13.1. The first-order valence-corrected chi connectivity index (χ1v) is 8.44. The Bertz CT molecular complexity index is 357. The zero-order valence-electron chi connectivity index (χ0n) is 13.1. The van der Waals surface area contributed by atoms with Crippen molar-refractivity contribution in [2.75, 3.05) is 6.54 Å². The van der Waals surface area contributed by atoms with Crippen molar-refractivity contribution in [3.63, 3.8) is 0 Å². The lowest BCUT2D eigenvalue weighted by molar-refractivity contribution is 0.282. The van der Waals surface area contributed by atoms with Gasteiger partial charge in [0.1, 0.15) is 0 Å². The fourth-order valence-electron chi connectivity index (χ4n) is 3.48. The van der Waals surface area contributed by atoms with Gasteiger partial charge in [0.05, 0.1) is 0 Å². The Kier molecular flexibility index (Phi) is 6.52. The standard InChI is InChI=1S/C18H30N2/c1-3-11-20-18(14-16-7-5-4-6-8-16)15(2)17-9-12-19-13-10-17/h9-10,12-13,15-16,18,20H,3-8,11,14H2,1-2H3. The molecule has 1 saturated carbocycles. The lowest BCUT2D eigenvalue weighted by Crippen LogP contribution is -2.36. The maximum Gasteiger partial charge on any atom is 0.0270 e. The van der Waals surface area contributed by atoms with Gasteiger partial charge in [0.15, 0.2) is 0 Å². The molecule has 1 aromatic heterocycles. The van der Waals surface area contributed by atoms with Crippen LogP contribution in [0.3, 0.4) is 0 Å². The van der Waals surface area contributed by atoms with Gasteiger partial charge in [-0.3, -0.25) is 4.98 Å². The van der Waals surface area contributed by atoms with Crippen LogP contribution in [0.25, 0.3) is 0 Å². The van der Waals surface area contributed by atoms with Crippen LogP contribution in [0, 0.1) is 5.92 Å². The third-order valence-electron chi connectivity index (χ3n) is 4.80. The number of hydrogen-bond donors (Lipinski definition) is 1. The van der Waals surface area contributed by atoms with Crippen LogP contribution in [-0.2, 0) is 0 Å². The van der Waals surface area contributed by atoms with Gasteiger partial charge in [0, 0.05) is 18.4 Å². The molecule has 1 aromatic rings. The third kappa shape index (κ3) is 4.59. The molecule has 0 amide bonds. The van der Waals surface area contributed by atoms with Gasteiger partial charge in [-0.15, -0.1) is 0 Å². The van der Waals surface area contributed by atoms with Gasteiger partial charge in [-0.1, -0.05) is 46.0 Å². The van der Waals surface area contributed by atoms with Crippen molar-refractivity contribution in [3.05, 3.63) is 30.1 Å². The number of hydrogen-bond acceptors (Lipinski definition) is 2. The number of pyridine rings is 1. The molecular weight excluding hydrogens is 244 g/mol.